The van der Waals surface area contributed by atoms with Gasteiger partial charge in [0, 0.05) is 19.5 Å². The predicted octanol–water partition coefficient (Wildman–Crippen LogP) is 3.17. The molecule has 25 heavy (non-hydrogen) atoms. The van der Waals surface area contributed by atoms with Crippen LogP contribution in [0.5, 0.6) is 5.75 Å². The van der Waals surface area contributed by atoms with E-state index >= 15 is 0 Å². The third-order valence-corrected chi connectivity index (χ3v) is 5.06. The number of ether oxygens (including phenoxy) is 1. The Kier molecular flexibility index (Phi) is 5.50. The minimum atomic E-state index is -0.0167. The minimum absolute atomic E-state index is 0.0167. The molecule has 5 nitrogen and oxygen atoms in total. The lowest BCUT2D eigenvalue weighted by Gasteiger charge is -2.07. The van der Waals surface area contributed by atoms with E-state index in [4.69, 9.17) is 4.74 Å². The molecule has 0 atom stereocenters. The zero-order valence-electron chi connectivity index (χ0n) is 14.0. The number of aromatic nitrogens is 1. The van der Waals surface area contributed by atoms with Crippen molar-refractivity contribution in [3.63, 3.8) is 0 Å². The number of hydrogen-bond acceptors (Lipinski definition) is 4. The van der Waals surface area contributed by atoms with Gasteiger partial charge in [-0.05, 0) is 36.2 Å². The van der Waals surface area contributed by atoms with Crippen molar-refractivity contribution in [3.8, 4) is 5.75 Å². The van der Waals surface area contributed by atoms with E-state index in [0.717, 1.165) is 21.4 Å². The van der Waals surface area contributed by atoms with Gasteiger partial charge in [-0.3, -0.25) is 13.5 Å². The lowest BCUT2D eigenvalue weighted by atomic mass is 10.2. The second-order valence-electron chi connectivity index (χ2n) is 5.73. The molecule has 0 unspecified atom stereocenters. The average Bonchev–Trinajstić information content (AvgIpc) is 2.96. The van der Waals surface area contributed by atoms with Crippen molar-refractivity contribution >= 4 is 27.5 Å². The highest BCUT2D eigenvalue weighted by Crippen LogP contribution is 2.16. The fraction of sp³-hybridized carbons (Fsp3) is 0.263. The van der Waals surface area contributed by atoms with Crippen molar-refractivity contribution in [2.75, 3.05) is 7.11 Å². The first-order valence-electron chi connectivity index (χ1n) is 8.16. The van der Waals surface area contributed by atoms with Crippen molar-refractivity contribution in [3.05, 3.63) is 64.4 Å². The van der Waals surface area contributed by atoms with E-state index in [1.165, 1.54) is 11.5 Å². The Labute approximate surface area is 150 Å². The van der Waals surface area contributed by atoms with Gasteiger partial charge in [0.1, 0.15) is 5.75 Å². The minimum Gasteiger partial charge on any atom is -0.497 e. The number of fused-ring (bicyclic) bond motifs is 1. The van der Waals surface area contributed by atoms with Crippen LogP contribution < -0.4 is 15.6 Å². The van der Waals surface area contributed by atoms with Crippen LogP contribution in [0.1, 0.15) is 18.4 Å². The molecule has 3 rings (SSSR count). The van der Waals surface area contributed by atoms with Crippen molar-refractivity contribution < 1.29 is 9.53 Å². The summed E-state index contributed by atoms with van der Waals surface area (Å²) in [5.41, 5.74) is 1.02. The van der Waals surface area contributed by atoms with E-state index in [0.29, 0.717) is 25.9 Å². The number of carbonyl (C=O) groups excluding carboxylic acids is 1. The van der Waals surface area contributed by atoms with Crippen LogP contribution in [-0.2, 0) is 17.9 Å². The van der Waals surface area contributed by atoms with E-state index in [1.807, 2.05) is 48.5 Å². The summed E-state index contributed by atoms with van der Waals surface area (Å²) in [5.74, 6) is 0.757. The first kappa shape index (κ1) is 17.2. The van der Waals surface area contributed by atoms with Gasteiger partial charge in [0.2, 0.25) is 5.91 Å². The van der Waals surface area contributed by atoms with E-state index in [9.17, 15) is 9.59 Å². The number of nitrogens with zero attached hydrogens (tertiary/aromatic N) is 1. The average molecular weight is 356 g/mol. The summed E-state index contributed by atoms with van der Waals surface area (Å²) >= 11 is 1.45. The van der Waals surface area contributed by atoms with Crippen molar-refractivity contribution in [2.45, 2.75) is 25.9 Å². The molecule has 3 aromatic rings. The van der Waals surface area contributed by atoms with Crippen molar-refractivity contribution in [1.82, 2.24) is 9.27 Å². The predicted molar refractivity (Wildman–Crippen MR) is 100 cm³/mol. The molecule has 0 aliphatic heterocycles. The maximum absolute atomic E-state index is 12.2. The van der Waals surface area contributed by atoms with Crippen LogP contribution in [0.4, 0.5) is 0 Å². The molecule has 0 aliphatic carbocycles. The summed E-state index contributed by atoms with van der Waals surface area (Å²) in [6.07, 6.45) is 1.03. The third-order valence-electron chi connectivity index (χ3n) is 3.94. The molecule has 1 heterocycles. The number of nitrogens with one attached hydrogen (secondary N) is 1. The largest absolute Gasteiger partial charge is 0.497 e. The SMILES string of the molecule is COc1cccc(CNC(=O)CCCn2sc3ccccc3c2=O)c1. The molecule has 0 fully saturated rings. The van der Waals surface area contributed by atoms with Crippen LogP contribution in [0.2, 0.25) is 0 Å². The number of aryl methyl sites for hydroxylation is 1. The molecule has 0 spiro atoms. The molecular weight excluding hydrogens is 336 g/mol. The van der Waals surface area contributed by atoms with Gasteiger partial charge in [-0.25, -0.2) is 0 Å². The van der Waals surface area contributed by atoms with Crippen LogP contribution >= 0.6 is 11.5 Å². The second-order valence-corrected chi connectivity index (χ2v) is 6.79. The standard InChI is InChI=1S/C19H20N2O3S/c1-24-15-7-4-6-14(12-15)13-20-18(22)10-5-11-21-19(23)16-8-2-3-9-17(16)25-21/h2-4,6-9,12H,5,10-11,13H2,1H3,(H,20,22). The highest BCUT2D eigenvalue weighted by Gasteiger charge is 2.08. The van der Waals surface area contributed by atoms with Crippen LogP contribution in [0.15, 0.2) is 53.3 Å². The quantitative estimate of drug-likeness (QED) is 0.707. The lowest BCUT2D eigenvalue weighted by Crippen LogP contribution is -2.23. The number of methoxy groups -OCH3 is 1. The Morgan fingerprint density at radius 2 is 2.04 bits per heavy atom. The van der Waals surface area contributed by atoms with E-state index in [-0.39, 0.29) is 11.5 Å². The Bertz CT molecular complexity index is 930. The molecule has 1 N–H and O–H groups in total. The van der Waals surface area contributed by atoms with Gasteiger partial charge in [-0.2, -0.15) is 0 Å². The first-order valence-corrected chi connectivity index (χ1v) is 8.93. The molecule has 2 aromatic carbocycles. The molecule has 0 saturated heterocycles. The fourth-order valence-corrected chi connectivity index (χ4v) is 3.65. The molecule has 1 amide bonds. The van der Waals surface area contributed by atoms with Gasteiger partial charge in [0.05, 0.1) is 17.2 Å². The fourth-order valence-electron chi connectivity index (χ4n) is 2.62. The van der Waals surface area contributed by atoms with Gasteiger partial charge >= 0.3 is 0 Å². The van der Waals surface area contributed by atoms with E-state index < -0.39 is 0 Å². The van der Waals surface area contributed by atoms with Crippen LogP contribution in [0, 0.1) is 0 Å². The normalized spacial score (nSPS) is 10.8. The number of carbonyl (C=O) groups is 1. The summed E-state index contributed by atoms with van der Waals surface area (Å²) < 4.78 is 7.87. The second kappa shape index (κ2) is 7.98. The molecule has 0 aliphatic rings. The summed E-state index contributed by atoms with van der Waals surface area (Å²) in [6.45, 7) is 1.03. The highest BCUT2D eigenvalue weighted by molar-refractivity contribution is 7.13. The Morgan fingerprint density at radius 3 is 2.84 bits per heavy atom. The zero-order chi connectivity index (χ0) is 17.6. The van der Waals surface area contributed by atoms with Gasteiger partial charge < -0.3 is 10.1 Å². The third kappa shape index (κ3) is 4.28. The number of hydrogen-bond donors (Lipinski definition) is 1. The summed E-state index contributed by atoms with van der Waals surface area (Å²) in [7, 11) is 1.62. The summed E-state index contributed by atoms with van der Waals surface area (Å²) in [6, 6.07) is 15.2. The topological polar surface area (TPSA) is 60.3 Å². The van der Waals surface area contributed by atoms with Crippen molar-refractivity contribution in [1.29, 1.82) is 0 Å². The Morgan fingerprint density at radius 1 is 1.20 bits per heavy atom. The smallest absolute Gasteiger partial charge is 0.268 e. The number of amides is 1. The first-order chi connectivity index (χ1) is 12.2. The van der Waals surface area contributed by atoms with Crippen LogP contribution in [0.25, 0.3) is 10.1 Å². The van der Waals surface area contributed by atoms with Gasteiger partial charge in [0.25, 0.3) is 5.56 Å². The summed E-state index contributed by atoms with van der Waals surface area (Å²) in [5, 5.41) is 3.64. The highest BCUT2D eigenvalue weighted by atomic mass is 32.1. The lowest BCUT2D eigenvalue weighted by molar-refractivity contribution is -0.121. The van der Waals surface area contributed by atoms with Crippen LogP contribution in [-0.4, -0.2) is 17.0 Å². The number of rotatable bonds is 7. The van der Waals surface area contributed by atoms with Gasteiger partial charge in [-0.1, -0.05) is 35.8 Å². The van der Waals surface area contributed by atoms with Crippen LogP contribution in [0.3, 0.4) is 0 Å². The molecular formula is C19H20N2O3S. The van der Waals surface area contributed by atoms with E-state index in [2.05, 4.69) is 5.32 Å². The van der Waals surface area contributed by atoms with Crippen molar-refractivity contribution in [2.24, 2.45) is 0 Å². The maximum Gasteiger partial charge on any atom is 0.268 e. The molecule has 1 aromatic heterocycles. The summed E-state index contributed by atoms with van der Waals surface area (Å²) in [4.78, 5) is 24.2. The molecule has 0 bridgehead atoms. The molecule has 6 heteroatoms. The molecule has 0 saturated carbocycles. The molecule has 0 radical (unpaired) electrons. The maximum atomic E-state index is 12.2. The van der Waals surface area contributed by atoms with E-state index in [1.54, 1.807) is 11.1 Å². The number of benzene rings is 2. The Balaban J connectivity index is 1.49. The zero-order valence-corrected chi connectivity index (χ0v) is 14.8. The monoisotopic (exact) mass is 356 g/mol. The molecule has 130 valence electrons. The Hall–Kier alpha value is -2.60. The van der Waals surface area contributed by atoms with Gasteiger partial charge in [0.15, 0.2) is 0 Å². The van der Waals surface area contributed by atoms with Gasteiger partial charge in [-0.15, -0.1) is 0 Å².